The van der Waals surface area contributed by atoms with Crippen molar-refractivity contribution in [3.63, 3.8) is 0 Å². The number of nitrogens with zero attached hydrogens (tertiary/aromatic N) is 4. The largest absolute Gasteiger partial charge is 0.367 e. The van der Waals surface area contributed by atoms with E-state index >= 15 is 0 Å². The minimum absolute atomic E-state index is 0.539. The Kier molecular flexibility index (Phi) is 3.38. The minimum atomic E-state index is 0.539. The molecular weight excluding hydrogens is 238 g/mol. The monoisotopic (exact) mass is 259 g/mol. The zero-order chi connectivity index (χ0) is 13.2. The van der Waals surface area contributed by atoms with E-state index in [2.05, 4.69) is 46.3 Å². The summed E-state index contributed by atoms with van der Waals surface area (Å²) in [5.74, 6) is 1.06. The van der Waals surface area contributed by atoms with Gasteiger partial charge in [0.1, 0.15) is 12.1 Å². The molecule has 0 saturated carbocycles. The van der Waals surface area contributed by atoms with E-state index in [0.29, 0.717) is 6.04 Å². The molecule has 1 fully saturated rings. The summed E-state index contributed by atoms with van der Waals surface area (Å²) in [4.78, 5) is 6.76. The number of hydrogen-bond donors (Lipinski definition) is 1. The van der Waals surface area contributed by atoms with Crippen LogP contribution in [0.25, 0.3) is 5.65 Å². The molecule has 0 unspecified atom stereocenters. The number of rotatable bonds is 3. The number of fused-ring (bicyclic) bond motifs is 1. The van der Waals surface area contributed by atoms with Gasteiger partial charge in [-0.1, -0.05) is 6.92 Å². The van der Waals surface area contributed by atoms with Gasteiger partial charge in [0.15, 0.2) is 5.65 Å². The van der Waals surface area contributed by atoms with E-state index < -0.39 is 0 Å². The molecule has 102 valence electrons. The number of likely N-dealkylation sites (tertiary alicyclic amines) is 1. The Labute approximate surface area is 113 Å². The highest BCUT2D eigenvalue weighted by Crippen LogP contribution is 2.18. The van der Waals surface area contributed by atoms with Crippen molar-refractivity contribution < 1.29 is 0 Å². The second-order valence-corrected chi connectivity index (χ2v) is 5.30. The minimum Gasteiger partial charge on any atom is -0.367 e. The maximum atomic E-state index is 4.29. The molecule has 19 heavy (non-hydrogen) atoms. The summed E-state index contributed by atoms with van der Waals surface area (Å²) in [6, 6.07) is 4.74. The van der Waals surface area contributed by atoms with Crippen LogP contribution >= 0.6 is 0 Å². The summed E-state index contributed by atoms with van der Waals surface area (Å²) in [6.45, 7) is 7.85. The van der Waals surface area contributed by atoms with Crippen molar-refractivity contribution in [2.45, 2.75) is 32.7 Å². The maximum Gasteiger partial charge on any atom is 0.157 e. The Bertz CT molecular complexity index is 554. The molecule has 0 aliphatic carbocycles. The first kappa shape index (κ1) is 12.4. The van der Waals surface area contributed by atoms with Gasteiger partial charge in [0.2, 0.25) is 0 Å². The fraction of sp³-hybridized carbons (Fsp3) is 0.571. The molecule has 1 aliphatic rings. The first-order valence-electron chi connectivity index (χ1n) is 7.05. The van der Waals surface area contributed by atoms with Crippen LogP contribution in [0.5, 0.6) is 0 Å². The Balaban J connectivity index is 1.76. The van der Waals surface area contributed by atoms with Crippen LogP contribution in [0.2, 0.25) is 0 Å². The van der Waals surface area contributed by atoms with Crippen LogP contribution in [0, 0.1) is 6.92 Å². The first-order valence-corrected chi connectivity index (χ1v) is 7.05. The third-order valence-electron chi connectivity index (χ3n) is 3.91. The molecular formula is C14H21N5. The molecule has 2 aromatic rings. The highest BCUT2D eigenvalue weighted by molar-refractivity contribution is 5.51. The van der Waals surface area contributed by atoms with E-state index in [0.717, 1.165) is 18.0 Å². The Morgan fingerprint density at radius 3 is 2.84 bits per heavy atom. The molecule has 3 rings (SSSR count). The molecule has 0 bridgehead atoms. The van der Waals surface area contributed by atoms with E-state index in [1.807, 2.05) is 4.52 Å². The standard InChI is InChI=1S/C14H21N5/c1-3-18-6-4-12(5-7-18)17-14-9-11(2)8-13-15-10-16-19(13)14/h8-10,12,17H,3-7H2,1-2H3. The summed E-state index contributed by atoms with van der Waals surface area (Å²) in [6.07, 6.45) is 4.00. The fourth-order valence-electron chi connectivity index (χ4n) is 2.76. The van der Waals surface area contributed by atoms with Crippen molar-refractivity contribution in [3.8, 4) is 0 Å². The van der Waals surface area contributed by atoms with Crippen LogP contribution < -0.4 is 5.32 Å². The summed E-state index contributed by atoms with van der Waals surface area (Å²) in [5, 5.41) is 7.92. The lowest BCUT2D eigenvalue weighted by Gasteiger charge is -2.32. The number of anilines is 1. The maximum absolute atomic E-state index is 4.29. The van der Waals surface area contributed by atoms with Crippen LogP contribution in [0.3, 0.4) is 0 Å². The number of aryl methyl sites for hydroxylation is 1. The summed E-state index contributed by atoms with van der Waals surface area (Å²) >= 11 is 0. The molecule has 0 atom stereocenters. The molecule has 1 aliphatic heterocycles. The zero-order valence-electron chi connectivity index (χ0n) is 11.6. The van der Waals surface area contributed by atoms with Crippen molar-refractivity contribution in [3.05, 3.63) is 24.0 Å². The van der Waals surface area contributed by atoms with E-state index in [4.69, 9.17) is 0 Å². The quantitative estimate of drug-likeness (QED) is 0.915. The van der Waals surface area contributed by atoms with Crippen molar-refractivity contribution in [1.29, 1.82) is 0 Å². The second-order valence-electron chi connectivity index (χ2n) is 5.30. The number of nitrogens with one attached hydrogen (secondary N) is 1. The van der Waals surface area contributed by atoms with Gasteiger partial charge in [0, 0.05) is 19.1 Å². The Hall–Kier alpha value is -1.62. The van der Waals surface area contributed by atoms with Crippen LogP contribution in [-0.4, -0.2) is 45.2 Å². The molecule has 5 heteroatoms. The molecule has 0 amide bonds. The highest BCUT2D eigenvalue weighted by Gasteiger charge is 2.18. The summed E-state index contributed by atoms with van der Waals surface area (Å²) in [5.41, 5.74) is 2.13. The summed E-state index contributed by atoms with van der Waals surface area (Å²) in [7, 11) is 0. The van der Waals surface area contributed by atoms with Gasteiger partial charge in [-0.05, 0) is 44.0 Å². The van der Waals surface area contributed by atoms with Crippen LogP contribution in [-0.2, 0) is 0 Å². The van der Waals surface area contributed by atoms with E-state index in [1.165, 1.54) is 31.5 Å². The Morgan fingerprint density at radius 1 is 1.32 bits per heavy atom. The predicted molar refractivity (Wildman–Crippen MR) is 76.5 cm³/mol. The zero-order valence-corrected chi connectivity index (χ0v) is 11.6. The van der Waals surface area contributed by atoms with Crippen LogP contribution in [0.1, 0.15) is 25.3 Å². The first-order chi connectivity index (χ1) is 9.26. The van der Waals surface area contributed by atoms with Crippen molar-refractivity contribution in [2.24, 2.45) is 0 Å². The number of piperidine rings is 1. The van der Waals surface area contributed by atoms with Gasteiger partial charge >= 0.3 is 0 Å². The lowest BCUT2D eigenvalue weighted by molar-refractivity contribution is 0.229. The SMILES string of the molecule is CCN1CCC(Nc2cc(C)cc3ncnn23)CC1. The van der Waals surface area contributed by atoms with Crippen molar-refractivity contribution in [1.82, 2.24) is 19.5 Å². The lowest BCUT2D eigenvalue weighted by Crippen LogP contribution is -2.39. The highest BCUT2D eigenvalue weighted by atomic mass is 15.3. The number of pyridine rings is 1. The molecule has 5 nitrogen and oxygen atoms in total. The Morgan fingerprint density at radius 2 is 2.11 bits per heavy atom. The van der Waals surface area contributed by atoms with E-state index in [9.17, 15) is 0 Å². The molecule has 1 N–H and O–H groups in total. The molecule has 2 aromatic heterocycles. The second kappa shape index (κ2) is 5.17. The van der Waals surface area contributed by atoms with Gasteiger partial charge in [0.05, 0.1) is 0 Å². The van der Waals surface area contributed by atoms with Gasteiger partial charge in [-0.25, -0.2) is 4.98 Å². The molecule has 0 spiro atoms. The van der Waals surface area contributed by atoms with E-state index in [1.54, 1.807) is 6.33 Å². The third-order valence-corrected chi connectivity index (χ3v) is 3.91. The van der Waals surface area contributed by atoms with Gasteiger partial charge in [0.25, 0.3) is 0 Å². The van der Waals surface area contributed by atoms with E-state index in [-0.39, 0.29) is 0 Å². The van der Waals surface area contributed by atoms with Gasteiger partial charge in [-0.2, -0.15) is 9.61 Å². The number of aromatic nitrogens is 3. The van der Waals surface area contributed by atoms with Crippen molar-refractivity contribution >= 4 is 11.5 Å². The van der Waals surface area contributed by atoms with Crippen LogP contribution in [0.4, 0.5) is 5.82 Å². The normalized spacial score (nSPS) is 18.0. The van der Waals surface area contributed by atoms with Crippen LogP contribution in [0.15, 0.2) is 18.5 Å². The van der Waals surface area contributed by atoms with Gasteiger partial charge < -0.3 is 10.2 Å². The average molecular weight is 259 g/mol. The predicted octanol–water partition coefficient (Wildman–Crippen LogP) is 1.93. The lowest BCUT2D eigenvalue weighted by atomic mass is 10.1. The van der Waals surface area contributed by atoms with Crippen molar-refractivity contribution in [2.75, 3.05) is 25.0 Å². The van der Waals surface area contributed by atoms with Gasteiger partial charge in [-0.15, -0.1) is 0 Å². The topological polar surface area (TPSA) is 45.5 Å². The molecule has 0 aromatic carbocycles. The smallest absolute Gasteiger partial charge is 0.157 e. The molecule has 3 heterocycles. The fourth-order valence-corrected chi connectivity index (χ4v) is 2.76. The molecule has 0 radical (unpaired) electrons. The molecule has 1 saturated heterocycles. The van der Waals surface area contributed by atoms with Gasteiger partial charge in [-0.3, -0.25) is 0 Å². The third kappa shape index (κ3) is 2.56. The average Bonchev–Trinajstić information content (AvgIpc) is 2.88. The number of hydrogen-bond acceptors (Lipinski definition) is 4. The summed E-state index contributed by atoms with van der Waals surface area (Å²) < 4.78 is 1.89.